The summed E-state index contributed by atoms with van der Waals surface area (Å²) in [6.45, 7) is 8.93. The number of aliphatic hydroxyl groups excluding tert-OH is 1. The number of unbranched alkanes of at least 4 members (excludes halogenated alkanes) is 1. The van der Waals surface area contributed by atoms with Gasteiger partial charge in [0.1, 0.15) is 17.5 Å². The molecule has 2 amide bonds. The molecule has 262 valence electrons. The van der Waals surface area contributed by atoms with Crippen LogP contribution in [0.5, 0.6) is 0 Å². The summed E-state index contributed by atoms with van der Waals surface area (Å²) in [7, 11) is -4.10. The molecule has 3 aromatic rings. The maximum absolute atomic E-state index is 13.8. The number of rotatable bonds is 16. The van der Waals surface area contributed by atoms with Gasteiger partial charge in [-0.1, -0.05) is 80.9 Å². The summed E-state index contributed by atoms with van der Waals surface area (Å²) in [5, 5.41) is 16.0. The summed E-state index contributed by atoms with van der Waals surface area (Å²) in [6, 6.07) is 20.4. The Hall–Kier alpha value is -4.00. The van der Waals surface area contributed by atoms with Crippen molar-refractivity contribution in [2.24, 2.45) is 5.92 Å². The number of sulfonamides is 1. The van der Waals surface area contributed by atoms with Crippen molar-refractivity contribution in [2.75, 3.05) is 25.4 Å². The predicted octanol–water partition coefficient (Wildman–Crippen LogP) is 5.43. The van der Waals surface area contributed by atoms with E-state index in [9.17, 15) is 27.5 Å². The monoisotopic (exact) mass is 684 g/mol. The van der Waals surface area contributed by atoms with Gasteiger partial charge in [-0.2, -0.15) is 4.31 Å². The van der Waals surface area contributed by atoms with E-state index in [1.54, 1.807) is 20.8 Å². The summed E-state index contributed by atoms with van der Waals surface area (Å²) in [6.07, 6.45) is 0.541. The summed E-state index contributed by atoms with van der Waals surface area (Å²) >= 11 is 0. The third kappa shape index (κ3) is 11.0. The molecule has 0 aromatic heterocycles. The number of carbonyl (C=O) groups is 2. The van der Waals surface area contributed by atoms with Gasteiger partial charge >= 0.3 is 6.09 Å². The summed E-state index contributed by atoms with van der Waals surface area (Å²) in [5.74, 6) is -1.70. The lowest BCUT2D eigenvalue weighted by Gasteiger charge is -2.31. The Bertz CT molecular complexity index is 1540. The van der Waals surface area contributed by atoms with Crippen molar-refractivity contribution < 1.29 is 32.2 Å². The average molecular weight is 685 g/mol. The maximum atomic E-state index is 13.8. The van der Waals surface area contributed by atoms with Crippen molar-refractivity contribution >= 4 is 27.7 Å². The first-order valence-corrected chi connectivity index (χ1v) is 17.6. The highest BCUT2D eigenvalue weighted by atomic mass is 32.2. The van der Waals surface area contributed by atoms with Crippen molar-refractivity contribution in [3.05, 3.63) is 95.8 Å². The highest BCUT2D eigenvalue weighted by molar-refractivity contribution is 7.89. The van der Waals surface area contributed by atoms with E-state index in [1.165, 1.54) is 4.31 Å². The number of carbonyl (C=O) groups excluding carboxylic acids is 2. The number of amides is 2. The lowest BCUT2D eigenvalue weighted by Crippen LogP contribution is -2.51. The fourth-order valence-corrected chi connectivity index (χ4v) is 7.25. The lowest BCUT2D eigenvalue weighted by molar-refractivity contribution is -0.123. The molecule has 0 saturated carbocycles. The van der Waals surface area contributed by atoms with E-state index in [4.69, 9.17) is 10.5 Å². The van der Waals surface area contributed by atoms with Crippen molar-refractivity contribution in [2.45, 2.75) is 82.4 Å². The van der Waals surface area contributed by atoms with Crippen LogP contribution in [-0.2, 0) is 19.6 Å². The third-order valence-corrected chi connectivity index (χ3v) is 9.52. The van der Waals surface area contributed by atoms with Crippen LogP contribution in [0.25, 0.3) is 0 Å². The van der Waals surface area contributed by atoms with E-state index in [-0.39, 0.29) is 29.6 Å². The molecular weight excluding hydrogens is 635 g/mol. The standard InChI is InChI=1S/C36H49FN4O6S/c1-25(2)23-41(48(45,46)29-19-20-30(37)31(38)22-29)28(24-42)18-12-13-21-39-34(43)33(40-35(44)47-36(3,4)5)32(26-14-8-6-9-15-26)27-16-10-7-11-17-27/h6-11,14-17,19-20,22,25,28,32-33,42H,12-13,18,21,23-24,38H2,1-5H3,(H,39,43)(H,40,44)/t28-,33-/m0/s1. The Morgan fingerprint density at radius 3 is 2.04 bits per heavy atom. The SMILES string of the molecule is CC(C)CN([C@H](CO)CCCCNC(=O)[C@@H](NC(=O)OC(C)(C)C)C(c1ccccc1)c1ccccc1)S(=O)(=O)c1ccc(F)c(N)c1. The Labute approximate surface area is 283 Å². The largest absolute Gasteiger partial charge is 0.444 e. The van der Waals surface area contributed by atoms with Gasteiger partial charge in [0.25, 0.3) is 0 Å². The number of hydrogen-bond acceptors (Lipinski definition) is 7. The van der Waals surface area contributed by atoms with Gasteiger partial charge in [-0.05, 0) is 68.9 Å². The van der Waals surface area contributed by atoms with Gasteiger partial charge in [0.2, 0.25) is 15.9 Å². The fourth-order valence-electron chi connectivity index (χ4n) is 5.41. The Morgan fingerprint density at radius 2 is 1.54 bits per heavy atom. The molecule has 10 nitrogen and oxygen atoms in total. The summed E-state index contributed by atoms with van der Waals surface area (Å²) in [4.78, 5) is 26.6. The normalized spacial score (nSPS) is 13.4. The van der Waals surface area contributed by atoms with Crippen molar-refractivity contribution in [3.8, 4) is 0 Å². The van der Waals surface area contributed by atoms with Crippen molar-refractivity contribution in [3.63, 3.8) is 0 Å². The summed E-state index contributed by atoms with van der Waals surface area (Å²) < 4.78 is 47.7. The van der Waals surface area contributed by atoms with Gasteiger partial charge in [0.15, 0.2) is 0 Å². The second-order valence-corrected chi connectivity index (χ2v) is 15.1. The second kappa shape index (κ2) is 17.4. The molecule has 3 rings (SSSR count). The molecule has 0 heterocycles. The second-order valence-electron chi connectivity index (χ2n) is 13.2. The van der Waals surface area contributed by atoms with Crippen LogP contribution < -0.4 is 16.4 Å². The zero-order chi connectivity index (χ0) is 35.5. The van der Waals surface area contributed by atoms with Gasteiger partial charge in [0, 0.05) is 25.0 Å². The molecule has 12 heteroatoms. The molecule has 0 unspecified atom stereocenters. The van der Waals surface area contributed by atoms with E-state index in [1.807, 2.05) is 74.5 Å². The molecule has 0 saturated heterocycles. The van der Waals surface area contributed by atoms with E-state index in [0.717, 1.165) is 29.3 Å². The number of aliphatic hydroxyl groups is 1. The van der Waals surface area contributed by atoms with Crippen molar-refractivity contribution in [1.82, 2.24) is 14.9 Å². The van der Waals surface area contributed by atoms with Crippen LogP contribution in [0.2, 0.25) is 0 Å². The van der Waals surface area contributed by atoms with Crippen LogP contribution in [0, 0.1) is 11.7 Å². The van der Waals surface area contributed by atoms with Gasteiger partial charge in [-0.25, -0.2) is 17.6 Å². The number of nitrogen functional groups attached to an aromatic ring is 1. The Balaban J connectivity index is 1.75. The highest BCUT2D eigenvalue weighted by Gasteiger charge is 2.34. The van der Waals surface area contributed by atoms with Gasteiger partial charge in [0.05, 0.1) is 17.2 Å². The van der Waals surface area contributed by atoms with E-state index in [2.05, 4.69) is 10.6 Å². The lowest BCUT2D eigenvalue weighted by atomic mass is 9.84. The number of ether oxygens (including phenoxy) is 1. The van der Waals surface area contributed by atoms with Crippen LogP contribution in [0.15, 0.2) is 83.8 Å². The molecule has 0 aliphatic rings. The first-order chi connectivity index (χ1) is 22.6. The smallest absolute Gasteiger partial charge is 0.408 e. The molecule has 2 atom stereocenters. The minimum Gasteiger partial charge on any atom is -0.444 e. The molecule has 48 heavy (non-hydrogen) atoms. The fraction of sp³-hybridized carbons (Fsp3) is 0.444. The van der Waals surface area contributed by atoms with Crippen LogP contribution in [-0.4, -0.2) is 67.2 Å². The minimum atomic E-state index is -4.10. The molecule has 0 fully saturated rings. The number of nitrogens with zero attached hydrogens (tertiary/aromatic N) is 1. The number of nitrogens with two attached hydrogens (primary N) is 1. The predicted molar refractivity (Wildman–Crippen MR) is 185 cm³/mol. The molecule has 0 radical (unpaired) electrons. The van der Waals surface area contributed by atoms with Crippen LogP contribution in [0.1, 0.15) is 70.9 Å². The Morgan fingerprint density at radius 1 is 0.958 bits per heavy atom. The first kappa shape index (κ1) is 38.4. The molecule has 0 spiro atoms. The van der Waals surface area contributed by atoms with Gasteiger partial charge < -0.3 is 26.2 Å². The minimum absolute atomic E-state index is 0.0532. The zero-order valence-electron chi connectivity index (χ0n) is 28.4. The molecule has 3 aromatic carbocycles. The average Bonchev–Trinajstić information content (AvgIpc) is 3.02. The van der Waals surface area contributed by atoms with Crippen LogP contribution >= 0.6 is 0 Å². The van der Waals surface area contributed by atoms with E-state index in [0.29, 0.717) is 19.3 Å². The van der Waals surface area contributed by atoms with Gasteiger partial charge in [-0.3, -0.25) is 4.79 Å². The van der Waals surface area contributed by atoms with E-state index >= 15 is 0 Å². The van der Waals surface area contributed by atoms with Crippen molar-refractivity contribution in [1.29, 1.82) is 0 Å². The van der Waals surface area contributed by atoms with Gasteiger partial charge in [-0.15, -0.1) is 0 Å². The quantitative estimate of drug-likeness (QED) is 0.116. The Kier molecular flexibility index (Phi) is 13.9. The number of hydrogen-bond donors (Lipinski definition) is 4. The van der Waals surface area contributed by atoms with E-state index < -0.39 is 58.1 Å². The number of nitrogens with one attached hydrogen (secondary N) is 2. The highest BCUT2D eigenvalue weighted by Crippen LogP contribution is 2.29. The number of anilines is 1. The van der Waals surface area contributed by atoms with Crippen LogP contribution in [0.4, 0.5) is 14.9 Å². The number of benzene rings is 3. The zero-order valence-corrected chi connectivity index (χ0v) is 29.2. The molecule has 0 bridgehead atoms. The molecule has 0 aliphatic heterocycles. The topological polar surface area (TPSA) is 151 Å². The van der Waals surface area contributed by atoms with Crippen LogP contribution in [0.3, 0.4) is 0 Å². The third-order valence-electron chi connectivity index (χ3n) is 7.61. The molecular formula is C36H49FN4O6S. The maximum Gasteiger partial charge on any atom is 0.408 e. The first-order valence-electron chi connectivity index (χ1n) is 16.2. The molecule has 0 aliphatic carbocycles. The number of alkyl carbamates (subject to hydrolysis) is 1. The number of halogens is 1. The summed E-state index contributed by atoms with van der Waals surface area (Å²) in [5.41, 5.74) is 6.27. The molecule has 5 N–H and O–H groups in total.